The van der Waals surface area contributed by atoms with Crippen LogP contribution < -0.4 is 10.7 Å². The second-order valence-electron chi connectivity index (χ2n) is 11.0. The average molecular weight is 677 g/mol. The summed E-state index contributed by atoms with van der Waals surface area (Å²) < 4.78 is 46.8. The molecule has 5 rings (SSSR count). The van der Waals surface area contributed by atoms with Crippen molar-refractivity contribution in [3.8, 4) is 28.1 Å². The highest BCUT2D eigenvalue weighted by atomic mass is 35.5. The van der Waals surface area contributed by atoms with Crippen LogP contribution in [-0.4, -0.2) is 41.0 Å². The number of ether oxygens (including phenoxy) is 1. The number of nitrogens with zero attached hydrogens (tertiary/aromatic N) is 3. The first-order valence-corrected chi connectivity index (χ1v) is 16.2. The third-order valence-corrected chi connectivity index (χ3v) is 8.91. The summed E-state index contributed by atoms with van der Waals surface area (Å²) in [6, 6.07) is 14.2. The van der Waals surface area contributed by atoms with Crippen molar-refractivity contribution in [3.05, 3.63) is 91.9 Å². The van der Waals surface area contributed by atoms with Crippen LogP contribution in [0.15, 0.2) is 54.6 Å². The van der Waals surface area contributed by atoms with E-state index in [0.717, 1.165) is 64.8 Å². The van der Waals surface area contributed by atoms with Gasteiger partial charge in [0, 0.05) is 48.9 Å². The van der Waals surface area contributed by atoms with Crippen LogP contribution in [0.3, 0.4) is 0 Å². The number of hydrogen-bond acceptors (Lipinski definition) is 6. The molecule has 2 N–H and O–H groups in total. The third-order valence-electron chi connectivity index (χ3n) is 7.36. The minimum atomic E-state index is -4.39. The molecule has 0 saturated carbocycles. The molecule has 0 radical (unpaired) electrons. The van der Waals surface area contributed by atoms with Crippen LogP contribution in [0.1, 0.15) is 66.6 Å². The Morgan fingerprint density at radius 2 is 1.73 bits per heavy atom. The molecule has 1 fully saturated rings. The topological polar surface area (TPSA) is 54.4 Å². The highest BCUT2D eigenvalue weighted by molar-refractivity contribution is 7.16. The lowest BCUT2D eigenvalue weighted by molar-refractivity contribution is -0.137. The van der Waals surface area contributed by atoms with E-state index in [4.69, 9.17) is 33.0 Å². The highest BCUT2D eigenvalue weighted by Gasteiger charge is 2.30. The Balaban J connectivity index is 1.59. The molecule has 1 unspecified atom stereocenters. The van der Waals surface area contributed by atoms with Crippen molar-refractivity contribution in [2.24, 2.45) is 0 Å². The molecule has 3 heterocycles. The number of piperidine rings is 1. The first-order valence-electron chi connectivity index (χ1n) is 14.7. The summed E-state index contributed by atoms with van der Waals surface area (Å²) in [4.78, 5) is 1.64. The lowest BCUT2D eigenvalue weighted by Gasteiger charge is -2.30. The van der Waals surface area contributed by atoms with Crippen molar-refractivity contribution in [2.75, 3.05) is 20.2 Å². The number of methoxy groups -OCH3 is 1. The van der Waals surface area contributed by atoms with Gasteiger partial charge in [-0.05, 0) is 67.4 Å². The van der Waals surface area contributed by atoms with Gasteiger partial charge in [-0.25, -0.2) is 15.1 Å². The number of thiophene rings is 1. The molecular formula is C33H34Cl2F3N5OS. The fourth-order valence-corrected chi connectivity index (χ4v) is 6.47. The van der Waals surface area contributed by atoms with Gasteiger partial charge in [-0.2, -0.15) is 18.3 Å². The fraction of sp³-hybridized carbons (Fsp3) is 0.364. The van der Waals surface area contributed by atoms with E-state index in [-0.39, 0.29) is 6.04 Å². The minimum absolute atomic E-state index is 0.206. The monoisotopic (exact) mass is 675 g/mol. The number of benzene rings is 2. The van der Waals surface area contributed by atoms with Crippen molar-refractivity contribution in [1.82, 2.24) is 25.5 Å². The van der Waals surface area contributed by atoms with Gasteiger partial charge in [-0.1, -0.05) is 55.3 Å². The lowest BCUT2D eigenvalue weighted by Crippen LogP contribution is -2.44. The molecule has 0 aliphatic carbocycles. The molecule has 6 nitrogen and oxygen atoms in total. The average Bonchev–Trinajstić information content (AvgIpc) is 3.62. The van der Waals surface area contributed by atoms with E-state index in [1.165, 1.54) is 29.9 Å². The van der Waals surface area contributed by atoms with E-state index in [0.29, 0.717) is 27.8 Å². The van der Waals surface area contributed by atoms with Crippen LogP contribution in [-0.2, 0) is 17.5 Å². The summed E-state index contributed by atoms with van der Waals surface area (Å²) in [7, 11) is 1.66. The number of nitrogens with one attached hydrogen (secondary N) is 2. The molecule has 0 bridgehead atoms. The largest absolute Gasteiger partial charge is 0.416 e. The predicted octanol–water partition coefficient (Wildman–Crippen LogP) is 8.46. The fourth-order valence-electron chi connectivity index (χ4n) is 5.06. The van der Waals surface area contributed by atoms with Crippen LogP contribution in [0.25, 0.3) is 16.3 Å². The normalized spacial score (nSPS) is 14.9. The van der Waals surface area contributed by atoms with Crippen LogP contribution in [0.5, 0.6) is 0 Å². The van der Waals surface area contributed by atoms with Gasteiger partial charge < -0.3 is 10.1 Å². The predicted molar refractivity (Wildman–Crippen MR) is 175 cm³/mol. The van der Waals surface area contributed by atoms with Crippen LogP contribution in [0.4, 0.5) is 13.2 Å². The maximum atomic E-state index is 13.0. The number of aromatic nitrogens is 2. The Bertz CT molecular complexity index is 1670. The van der Waals surface area contributed by atoms with E-state index < -0.39 is 18.0 Å². The molecule has 1 aliphatic heterocycles. The van der Waals surface area contributed by atoms with Gasteiger partial charge in [0.1, 0.15) is 5.69 Å². The van der Waals surface area contributed by atoms with E-state index in [9.17, 15) is 13.2 Å². The highest BCUT2D eigenvalue weighted by Crippen LogP contribution is 2.38. The van der Waals surface area contributed by atoms with Crippen LogP contribution in [0.2, 0.25) is 10.0 Å². The summed E-state index contributed by atoms with van der Waals surface area (Å²) >= 11 is 14.5. The molecule has 1 atom stereocenters. The van der Waals surface area contributed by atoms with E-state index in [1.54, 1.807) is 19.2 Å². The Hall–Kier alpha value is -2.88. The number of hydrogen-bond donors (Lipinski definition) is 2. The van der Waals surface area contributed by atoms with E-state index in [2.05, 4.69) is 41.4 Å². The standard InChI is InChI=1S/C33H34Cl2F3N5OS/c1-21(2)39-20-26-30(32(44-3)41-42-17-5-4-6-18-42)40-43(28-15-12-24(34)19-27(28)35)31(26)29-16-14-25(45-29)13-9-22-7-10-23(11-8-22)33(36,37)38/h7-8,10-12,14-16,19,21,32,39,41H,4-6,17-18,20H2,1-3H3. The molecule has 45 heavy (non-hydrogen) atoms. The first-order chi connectivity index (χ1) is 21.5. The molecule has 238 valence electrons. The zero-order valence-corrected chi connectivity index (χ0v) is 27.5. The molecule has 12 heteroatoms. The Morgan fingerprint density at radius 1 is 1.00 bits per heavy atom. The SMILES string of the molecule is COC(NN1CCCCC1)c1nn(-c2ccc(Cl)cc2Cl)c(-c2ccc(C#Cc3ccc(C(F)(F)F)cc3)s2)c1CNC(C)C. The van der Waals surface area contributed by atoms with Crippen LogP contribution >= 0.6 is 34.5 Å². The number of halogens is 5. The number of alkyl halides is 3. The first kappa shape index (κ1) is 33.5. The quantitative estimate of drug-likeness (QED) is 0.138. The van der Waals surface area contributed by atoms with E-state index in [1.807, 2.05) is 22.9 Å². The number of hydrazine groups is 1. The zero-order chi connectivity index (χ0) is 32.1. The minimum Gasteiger partial charge on any atom is -0.359 e. The smallest absolute Gasteiger partial charge is 0.359 e. The van der Waals surface area contributed by atoms with Gasteiger partial charge in [0.2, 0.25) is 0 Å². The molecule has 1 saturated heterocycles. The summed E-state index contributed by atoms with van der Waals surface area (Å²) in [6.45, 7) is 6.52. The molecule has 2 aromatic heterocycles. The molecule has 4 aromatic rings. The van der Waals surface area contributed by atoms with Gasteiger partial charge in [0.05, 0.1) is 31.7 Å². The second kappa shape index (κ2) is 14.7. The molecular weight excluding hydrogens is 642 g/mol. The Labute approximate surface area is 275 Å². The van der Waals surface area contributed by atoms with Gasteiger partial charge in [0.15, 0.2) is 6.23 Å². The van der Waals surface area contributed by atoms with Crippen molar-refractivity contribution in [3.63, 3.8) is 0 Å². The maximum absolute atomic E-state index is 13.0. The van der Waals surface area contributed by atoms with Crippen LogP contribution in [0, 0.1) is 11.8 Å². The Morgan fingerprint density at radius 3 is 2.38 bits per heavy atom. The Kier molecular flexibility index (Phi) is 10.9. The molecule has 1 aliphatic rings. The maximum Gasteiger partial charge on any atom is 0.416 e. The summed E-state index contributed by atoms with van der Waals surface area (Å²) in [5, 5.41) is 11.8. The van der Waals surface area contributed by atoms with Gasteiger partial charge in [0.25, 0.3) is 0 Å². The van der Waals surface area contributed by atoms with Crippen molar-refractivity contribution >= 4 is 34.5 Å². The summed E-state index contributed by atoms with van der Waals surface area (Å²) in [5.74, 6) is 6.09. The zero-order valence-electron chi connectivity index (χ0n) is 25.1. The van der Waals surface area contributed by atoms with Crippen molar-refractivity contribution in [2.45, 2.75) is 58.1 Å². The summed E-state index contributed by atoms with van der Waals surface area (Å²) in [6.07, 6.45) is -1.49. The lowest BCUT2D eigenvalue weighted by atomic mass is 10.1. The molecule has 0 spiro atoms. The van der Waals surface area contributed by atoms with Gasteiger partial charge >= 0.3 is 6.18 Å². The van der Waals surface area contributed by atoms with E-state index >= 15 is 0 Å². The van der Waals surface area contributed by atoms with Gasteiger partial charge in [-0.15, -0.1) is 11.3 Å². The number of rotatable bonds is 9. The summed E-state index contributed by atoms with van der Waals surface area (Å²) in [5.41, 5.74) is 6.48. The molecule has 0 amide bonds. The second-order valence-corrected chi connectivity index (χ2v) is 13.0. The van der Waals surface area contributed by atoms with Gasteiger partial charge in [-0.3, -0.25) is 0 Å². The van der Waals surface area contributed by atoms with Crippen molar-refractivity contribution in [1.29, 1.82) is 0 Å². The third kappa shape index (κ3) is 8.29. The van der Waals surface area contributed by atoms with Crippen molar-refractivity contribution < 1.29 is 17.9 Å². The molecule has 2 aromatic carbocycles.